The molecule has 5 nitrogen and oxygen atoms in total. The number of hydrogen-bond acceptors (Lipinski definition) is 3. The molecule has 0 aliphatic heterocycles. The Morgan fingerprint density at radius 3 is 2.85 bits per heavy atom. The molecule has 0 saturated heterocycles. The zero-order chi connectivity index (χ0) is 14.3. The Balaban J connectivity index is 2.12. The van der Waals surface area contributed by atoms with E-state index in [9.17, 15) is 8.42 Å². The number of aromatic nitrogens is 1. The predicted octanol–water partition coefficient (Wildman–Crippen LogP) is 2.09. The first-order chi connectivity index (χ1) is 9.54. The Hall–Kier alpha value is -1.79. The highest BCUT2D eigenvalue weighted by molar-refractivity contribution is 7.89. The van der Waals surface area contributed by atoms with E-state index in [0.717, 1.165) is 18.4 Å². The summed E-state index contributed by atoms with van der Waals surface area (Å²) in [5.41, 5.74) is 7.09. The van der Waals surface area contributed by atoms with Crippen LogP contribution in [0, 0.1) is 0 Å². The summed E-state index contributed by atoms with van der Waals surface area (Å²) in [6.07, 6.45) is 4.99. The molecule has 0 spiro atoms. The van der Waals surface area contributed by atoms with Crippen molar-refractivity contribution in [3.63, 3.8) is 0 Å². The second-order valence-corrected chi connectivity index (χ2v) is 6.91. The minimum absolute atomic E-state index is 0.101. The highest BCUT2D eigenvalue weighted by atomic mass is 32.2. The number of nitrogens with two attached hydrogens (primary N) is 1. The molecule has 0 amide bonds. The summed E-state index contributed by atoms with van der Waals surface area (Å²) in [6, 6.07) is 5.33. The number of nitrogens with one attached hydrogen (secondary N) is 1. The third-order valence-electron chi connectivity index (χ3n) is 3.52. The van der Waals surface area contributed by atoms with Crippen LogP contribution in [0.2, 0.25) is 0 Å². The van der Waals surface area contributed by atoms with E-state index in [1.54, 1.807) is 24.3 Å². The van der Waals surface area contributed by atoms with Gasteiger partial charge in [-0.3, -0.25) is 0 Å². The molecule has 1 aliphatic rings. The van der Waals surface area contributed by atoms with Crippen molar-refractivity contribution in [1.82, 2.24) is 9.29 Å². The Kier molecular flexibility index (Phi) is 3.07. The largest absolute Gasteiger partial charge is 0.399 e. The van der Waals surface area contributed by atoms with E-state index < -0.39 is 10.0 Å². The van der Waals surface area contributed by atoms with Gasteiger partial charge in [-0.05, 0) is 31.0 Å². The minimum Gasteiger partial charge on any atom is -0.399 e. The fraction of sp³-hybridized carbons (Fsp3) is 0.286. The van der Waals surface area contributed by atoms with Crippen LogP contribution in [0.15, 0.2) is 41.9 Å². The summed E-state index contributed by atoms with van der Waals surface area (Å²) in [6.45, 7) is 3.98. The number of anilines is 1. The molecule has 2 aromatic rings. The molecular weight excluding hydrogens is 274 g/mol. The lowest BCUT2D eigenvalue weighted by atomic mass is 10.2. The summed E-state index contributed by atoms with van der Waals surface area (Å²) >= 11 is 0. The van der Waals surface area contributed by atoms with Crippen LogP contribution in [0.4, 0.5) is 5.69 Å². The van der Waals surface area contributed by atoms with Gasteiger partial charge in [-0.1, -0.05) is 6.08 Å². The van der Waals surface area contributed by atoms with Crippen molar-refractivity contribution in [3.05, 3.63) is 37.1 Å². The smallest absolute Gasteiger partial charge is 0.245 e. The molecule has 106 valence electrons. The summed E-state index contributed by atoms with van der Waals surface area (Å²) < 4.78 is 27.1. The first-order valence-electron chi connectivity index (χ1n) is 6.53. The number of nitrogens with zero attached hydrogens (tertiary/aromatic N) is 1. The van der Waals surface area contributed by atoms with Crippen molar-refractivity contribution < 1.29 is 8.42 Å². The molecule has 1 heterocycles. The zero-order valence-corrected chi connectivity index (χ0v) is 11.9. The highest BCUT2D eigenvalue weighted by Crippen LogP contribution is 2.34. The van der Waals surface area contributed by atoms with Crippen LogP contribution in [0.5, 0.6) is 0 Å². The zero-order valence-electron chi connectivity index (χ0n) is 11.0. The first kappa shape index (κ1) is 13.2. The molecule has 0 radical (unpaired) electrons. The molecule has 0 atom stereocenters. The van der Waals surface area contributed by atoms with E-state index in [1.165, 1.54) is 10.5 Å². The summed E-state index contributed by atoms with van der Waals surface area (Å²) in [5.74, 6) is 0. The highest BCUT2D eigenvalue weighted by Gasteiger charge is 2.38. The van der Waals surface area contributed by atoms with Crippen LogP contribution in [0.25, 0.3) is 10.9 Å². The molecular formula is C14H17N3O2S. The third kappa shape index (κ3) is 2.10. The number of benzene rings is 1. The van der Waals surface area contributed by atoms with Gasteiger partial charge in [0.05, 0.1) is 0 Å². The van der Waals surface area contributed by atoms with Gasteiger partial charge in [-0.2, -0.15) is 4.31 Å². The molecule has 1 fully saturated rings. The molecule has 1 aliphatic carbocycles. The van der Waals surface area contributed by atoms with E-state index in [-0.39, 0.29) is 10.9 Å². The SMILES string of the molecule is C=CCN(C1CC1)S(=O)(=O)c1c[nH]c2ccc(N)cc12. The van der Waals surface area contributed by atoms with Crippen LogP contribution in [0.1, 0.15) is 12.8 Å². The number of sulfonamides is 1. The topological polar surface area (TPSA) is 79.2 Å². The number of nitrogen functional groups attached to an aromatic ring is 1. The standard InChI is InChI=1S/C14H17N3O2S/c1-2-7-17(11-4-5-11)20(18,19)14-9-16-13-6-3-10(15)8-12(13)14/h2-3,6,8-9,11,16H,1,4-5,7,15H2. The summed E-state index contributed by atoms with van der Waals surface area (Å²) in [5, 5.41) is 0.639. The molecule has 20 heavy (non-hydrogen) atoms. The molecule has 0 bridgehead atoms. The average Bonchev–Trinajstić information content (AvgIpc) is 3.14. The molecule has 1 aromatic carbocycles. The van der Waals surface area contributed by atoms with Crippen molar-refractivity contribution in [2.45, 2.75) is 23.8 Å². The van der Waals surface area contributed by atoms with Crippen LogP contribution in [-0.2, 0) is 10.0 Å². The lowest BCUT2D eigenvalue weighted by Gasteiger charge is -2.19. The van der Waals surface area contributed by atoms with Crippen LogP contribution >= 0.6 is 0 Å². The first-order valence-corrected chi connectivity index (χ1v) is 7.97. The second kappa shape index (κ2) is 4.64. The van der Waals surface area contributed by atoms with Gasteiger partial charge < -0.3 is 10.7 Å². The van der Waals surface area contributed by atoms with Crippen molar-refractivity contribution >= 4 is 26.6 Å². The third-order valence-corrected chi connectivity index (χ3v) is 5.48. The van der Waals surface area contributed by atoms with Crippen LogP contribution < -0.4 is 5.73 Å². The van der Waals surface area contributed by atoms with Gasteiger partial charge in [-0.15, -0.1) is 6.58 Å². The summed E-state index contributed by atoms with van der Waals surface area (Å²) in [4.78, 5) is 3.28. The molecule has 1 aromatic heterocycles. The molecule has 3 rings (SSSR count). The number of rotatable bonds is 5. The normalized spacial score (nSPS) is 15.8. The van der Waals surface area contributed by atoms with E-state index >= 15 is 0 Å². The number of aromatic amines is 1. The Labute approximate surface area is 118 Å². The van der Waals surface area contributed by atoms with Crippen molar-refractivity contribution in [1.29, 1.82) is 0 Å². The lowest BCUT2D eigenvalue weighted by Crippen LogP contribution is -2.33. The minimum atomic E-state index is -3.52. The molecule has 1 saturated carbocycles. The number of hydrogen-bond donors (Lipinski definition) is 2. The maximum Gasteiger partial charge on any atom is 0.245 e. The number of H-pyrrole nitrogens is 1. The van der Waals surface area contributed by atoms with Crippen molar-refractivity contribution in [2.24, 2.45) is 0 Å². The Bertz CT molecular complexity index is 760. The molecule has 3 N–H and O–H groups in total. The second-order valence-electron chi connectivity index (χ2n) is 5.05. The van der Waals surface area contributed by atoms with E-state index in [0.29, 0.717) is 17.6 Å². The fourth-order valence-corrected chi connectivity index (χ4v) is 4.20. The lowest BCUT2D eigenvalue weighted by molar-refractivity contribution is 0.436. The van der Waals surface area contributed by atoms with Crippen molar-refractivity contribution in [2.75, 3.05) is 12.3 Å². The van der Waals surface area contributed by atoms with Crippen LogP contribution in [0.3, 0.4) is 0 Å². The average molecular weight is 291 g/mol. The van der Waals surface area contributed by atoms with E-state index in [1.807, 2.05) is 0 Å². The maximum absolute atomic E-state index is 12.8. The molecule has 0 unspecified atom stereocenters. The van der Waals surface area contributed by atoms with Gasteiger partial charge in [0.15, 0.2) is 0 Å². The van der Waals surface area contributed by atoms with Crippen LogP contribution in [-0.4, -0.2) is 30.3 Å². The van der Waals surface area contributed by atoms with Gasteiger partial charge in [0.25, 0.3) is 0 Å². The fourth-order valence-electron chi connectivity index (χ4n) is 2.39. The maximum atomic E-state index is 12.8. The number of fused-ring (bicyclic) bond motifs is 1. The predicted molar refractivity (Wildman–Crippen MR) is 79.8 cm³/mol. The van der Waals surface area contributed by atoms with E-state index in [4.69, 9.17) is 5.73 Å². The quantitative estimate of drug-likeness (QED) is 0.654. The molecule has 6 heteroatoms. The Morgan fingerprint density at radius 1 is 1.45 bits per heavy atom. The van der Waals surface area contributed by atoms with Gasteiger partial charge in [0.2, 0.25) is 10.0 Å². The summed E-state index contributed by atoms with van der Waals surface area (Å²) in [7, 11) is -3.52. The Morgan fingerprint density at radius 2 is 2.20 bits per heavy atom. The van der Waals surface area contributed by atoms with Gasteiger partial charge in [0.1, 0.15) is 4.90 Å². The van der Waals surface area contributed by atoms with E-state index in [2.05, 4.69) is 11.6 Å². The van der Waals surface area contributed by atoms with Gasteiger partial charge >= 0.3 is 0 Å². The van der Waals surface area contributed by atoms with Crippen molar-refractivity contribution in [3.8, 4) is 0 Å². The van der Waals surface area contributed by atoms with Gasteiger partial charge in [0, 0.05) is 35.4 Å². The monoisotopic (exact) mass is 291 g/mol. The van der Waals surface area contributed by atoms with Gasteiger partial charge in [-0.25, -0.2) is 8.42 Å².